The normalized spacial score (nSPS) is 20.1. The molecule has 20 heavy (non-hydrogen) atoms. The topological polar surface area (TPSA) is 6.48 Å². The zero-order chi connectivity index (χ0) is 14.5. The summed E-state index contributed by atoms with van der Waals surface area (Å²) in [7, 11) is 0. The van der Waals surface area contributed by atoms with E-state index in [1.165, 1.54) is 103 Å². The van der Waals surface area contributed by atoms with Gasteiger partial charge in [0.05, 0.1) is 0 Å². The van der Waals surface area contributed by atoms with Crippen molar-refractivity contribution in [1.82, 2.24) is 9.80 Å². The van der Waals surface area contributed by atoms with Gasteiger partial charge in [-0.3, -0.25) is 0 Å². The molecule has 0 aliphatic carbocycles. The SMILES string of the molecule is CCCCCCN1CCCC1.CCCCN1CCCC1. The maximum Gasteiger partial charge on any atom is -0.00183 e. The van der Waals surface area contributed by atoms with Crippen molar-refractivity contribution in [2.75, 3.05) is 39.3 Å². The third-order valence-electron chi connectivity index (χ3n) is 4.55. The van der Waals surface area contributed by atoms with E-state index >= 15 is 0 Å². The number of hydrogen-bond donors (Lipinski definition) is 0. The lowest BCUT2D eigenvalue weighted by Crippen LogP contribution is -2.20. The second-order valence-corrected chi connectivity index (χ2v) is 6.51. The van der Waals surface area contributed by atoms with Gasteiger partial charge in [0.25, 0.3) is 0 Å². The summed E-state index contributed by atoms with van der Waals surface area (Å²) in [5.41, 5.74) is 0. The van der Waals surface area contributed by atoms with E-state index < -0.39 is 0 Å². The summed E-state index contributed by atoms with van der Waals surface area (Å²) in [4.78, 5) is 5.18. The maximum absolute atomic E-state index is 2.61. The Kier molecular flexibility index (Phi) is 11.4. The summed E-state index contributed by atoms with van der Waals surface area (Å²) in [6.45, 7) is 12.7. The Balaban J connectivity index is 0.000000204. The summed E-state index contributed by atoms with van der Waals surface area (Å²) in [5.74, 6) is 0. The summed E-state index contributed by atoms with van der Waals surface area (Å²) in [6.07, 6.45) is 14.1. The average molecular weight is 283 g/mol. The summed E-state index contributed by atoms with van der Waals surface area (Å²) in [5, 5.41) is 0. The second kappa shape index (κ2) is 12.6. The quantitative estimate of drug-likeness (QED) is 0.603. The van der Waals surface area contributed by atoms with Crippen LogP contribution >= 0.6 is 0 Å². The molecule has 2 heterocycles. The predicted molar refractivity (Wildman–Crippen MR) is 90.4 cm³/mol. The van der Waals surface area contributed by atoms with Crippen molar-refractivity contribution in [3.63, 3.8) is 0 Å². The fourth-order valence-electron chi connectivity index (χ4n) is 3.16. The molecule has 0 atom stereocenters. The largest absolute Gasteiger partial charge is 0.303 e. The third kappa shape index (κ3) is 8.97. The molecule has 0 amide bonds. The van der Waals surface area contributed by atoms with Crippen LogP contribution in [0.3, 0.4) is 0 Å². The van der Waals surface area contributed by atoms with E-state index in [0.29, 0.717) is 0 Å². The van der Waals surface area contributed by atoms with Crippen molar-refractivity contribution in [3.8, 4) is 0 Å². The van der Waals surface area contributed by atoms with Crippen molar-refractivity contribution in [2.45, 2.75) is 78.1 Å². The van der Waals surface area contributed by atoms with Crippen molar-refractivity contribution in [2.24, 2.45) is 0 Å². The first-order valence-electron chi connectivity index (χ1n) is 9.31. The standard InChI is InChI=1S/C10H21N.C8H17N/c1-2-3-4-5-8-11-9-6-7-10-11;1-2-3-6-9-7-4-5-8-9/h2-10H2,1H3;2-8H2,1H3. The summed E-state index contributed by atoms with van der Waals surface area (Å²) in [6, 6.07) is 0. The van der Waals surface area contributed by atoms with Gasteiger partial charge in [0, 0.05) is 0 Å². The molecule has 2 fully saturated rings. The monoisotopic (exact) mass is 282 g/mol. The first-order chi connectivity index (χ1) is 9.86. The molecule has 120 valence electrons. The van der Waals surface area contributed by atoms with Gasteiger partial charge in [-0.1, -0.05) is 39.5 Å². The minimum atomic E-state index is 1.34. The second-order valence-electron chi connectivity index (χ2n) is 6.51. The van der Waals surface area contributed by atoms with Crippen molar-refractivity contribution < 1.29 is 0 Å². The molecule has 2 nitrogen and oxygen atoms in total. The van der Waals surface area contributed by atoms with E-state index in [4.69, 9.17) is 0 Å². The molecular weight excluding hydrogens is 244 g/mol. The van der Waals surface area contributed by atoms with Crippen LogP contribution in [-0.4, -0.2) is 49.1 Å². The molecule has 0 bridgehead atoms. The van der Waals surface area contributed by atoms with Crippen LogP contribution in [0.4, 0.5) is 0 Å². The van der Waals surface area contributed by atoms with Gasteiger partial charge in [0.2, 0.25) is 0 Å². The molecule has 0 spiro atoms. The van der Waals surface area contributed by atoms with Gasteiger partial charge in [-0.25, -0.2) is 0 Å². The van der Waals surface area contributed by atoms with E-state index in [1.807, 2.05) is 0 Å². The molecule has 2 aliphatic heterocycles. The number of unbranched alkanes of at least 4 members (excludes halogenated alkanes) is 4. The molecule has 0 unspecified atom stereocenters. The number of nitrogens with zero attached hydrogens (tertiary/aromatic N) is 2. The van der Waals surface area contributed by atoms with Crippen LogP contribution in [0.2, 0.25) is 0 Å². The van der Waals surface area contributed by atoms with Crippen molar-refractivity contribution >= 4 is 0 Å². The molecule has 0 aromatic rings. The molecule has 2 aliphatic rings. The lowest BCUT2D eigenvalue weighted by molar-refractivity contribution is 0.328. The van der Waals surface area contributed by atoms with E-state index in [2.05, 4.69) is 23.6 Å². The Morgan fingerprint density at radius 1 is 0.550 bits per heavy atom. The molecule has 2 saturated heterocycles. The molecule has 2 rings (SSSR count). The highest BCUT2D eigenvalue weighted by Crippen LogP contribution is 2.09. The Bertz CT molecular complexity index is 194. The van der Waals surface area contributed by atoms with Gasteiger partial charge in [-0.15, -0.1) is 0 Å². The Labute approximate surface area is 127 Å². The van der Waals surface area contributed by atoms with E-state index in [0.717, 1.165) is 0 Å². The predicted octanol–water partition coefficient (Wildman–Crippen LogP) is 4.54. The van der Waals surface area contributed by atoms with Gasteiger partial charge in [0.1, 0.15) is 0 Å². The van der Waals surface area contributed by atoms with Crippen molar-refractivity contribution in [1.29, 1.82) is 0 Å². The molecule has 0 N–H and O–H groups in total. The van der Waals surface area contributed by atoms with Gasteiger partial charge < -0.3 is 9.80 Å². The highest BCUT2D eigenvalue weighted by molar-refractivity contribution is 4.65. The van der Waals surface area contributed by atoms with E-state index in [9.17, 15) is 0 Å². The summed E-state index contributed by atoms with van der Waals surface area (Å²) < 4.78 is 0. The van der Waals surface area contributed by atoms with Gasteiger partial charge in [-0.2, -0.15) is 0 Å². The lowest BCUT2D eigenvalue weighted by Gasteiger charge is -2.13. The Morgan fingerprint density at radius 3 is 1.45 bits per heavy atom. The fourth-order valence-corrected chi connectivity index (χ4v) is 3.16. The molecule has 2 heteroatoms. The number of rotatable bonds is 8. The van der Waals surface area contributed by atoms with Crippen LogP contribution in [-0.2, 0) is 0 Å². The molecule has 0 aromatic heterocycles. The Morgan fingerprint density at radius 2 is 1.00 bits per heavy atom. The highest BCUT2D eigenvalue weighted by atomic mass is 15.1. The van der Waals surface area contributed by atoms with Crippen LogP contribution < -0.4 is 0 Å². The minimum Gasteiger partial charge on any atom is -0.303 e. The van der Waals surface area contributed by atoms with Crippen LogP contribution in [0.25, 0.3) is 0 Å². The third-order valence-corrected chi connectivity index (χ3v) is 4.55. The minimum absolute atomic E-state index is 1.34. The smallest absolute Gasteiger partial charge is 0.00183 e. The van der Waals surface area contributed by atoms with Crippen LogP contribution in [0, 0.1) is 0 Å². The lowest BCUT2D eigenvalue weighted by atomic mass is 10.2. The summed E-state index contributed by atoms with van der Waals surface area (Å²) >= 11 is 0. The zero-order valence-corrected chi connectivity index (χ0v) is 14.2. The van der Waals surface area contributed by atoms with Gasteiger partial charge in [-0.05, 0) is 77.8 Å². The first-order valence-corrected chi connectivity index (χ1v) is 9.31. The molecular formula is C18H38N2. The van der Waals surface area contributed by atoms with E-state index in [1.54, 1.807) is 0 Å². The average Bonchev–Trinajstić information content (AvgIpc) is 3.15. The van der Waals surface area contributed by atoms with Gasteiger partial charge in [0.15, 0.2) is 0 Å². The zero-order valence-electron chi connectivity index (χ0n) is 14.2. The van der Waals surface area contributed by atoms with Crippen LogP contribution in [0.5, 0.6) is 0 Å². The fraction of sp³-hybridized carbons (Fsp3) is 1.00. The molecule has 0 saturated carbocycles. The van der Waals surface area contributed by atoms with Gasteiger partial charge >= 0.3 is 0 Å². The Hall–Kier alpha value is -0.0800. The van der Waals surface area contributed by atoms with Crippen LogP contribution in [0.1, 0.15) is 78.1 Å². The highest BCUT2D eigenvalue weighted by Gasteiger charge is 2.10. The molecule has 0 aromatic carbocycles. The number of hydrogen-bond acceptors (Lipinski definition) is 2. The van der Waals surface area contributed by atoms with Crippen LogP contribution in [0.15, 0.2) is 0 Å². The van der Waals surface area contributed by atoms with Crippen molar-refractivity contribution in [3.05, 3.63) is 0 Å². The maximum atomic E-state index is 2.61. The number of likely N-dealkylation sites (tertiary alicyclic amines) is 2. The molecule has 0 radical (unpaired) electrons. The first kappa shape index (κ1) is 18.0. The van der Waals surface area contributed by atoms with E-state index in [-0.39, 0.29) is 0 Å².